The van der Waals surface area contributed by atoms with Gasteiger partial charge in [0.15, 0.2) is 5.82 Å². The predicted molar refractivity (Wildman–Crippen MR) is 146 cm³/mol. The summed E-state index contributed by atoms with van der Waals surface area (Å²) in [6.07, 6.45) is 5.01. The smallest absolute Gasteiger partial charge is 0.270 e. The second kappa shape index (κ2) is 11.2. The number of H-pyrrole nitrogens is 1. The van der Waals surface area contributed by atoms with Crippen molar-refractivity contribution in [3.05, 3.63) is 102 Å². The van der Waals surface area contributed by atoms with Crippen molar-refractivity contribution < 1.29 is 4.79 Å². The average molecular weight is 504 g/mol. The molecular formula is C28H25N9O. The third-order valence-corrected chi connectivity index (χ3v) is 5.58. The van der Waals surface area contributed by atoms with E-state index in [0.717, 1.165) is 22.5 Å². The summed E-state index contributed by atoms with van der Waals surface area (Å²) in [4.78, 5) is 34.5. The first-order valence-electron chi connectivity index (χ1n) is 11.9. The molecule has 0 saturated heterocycles. The maximum Gasteiger partial charge on any atom is 0.270 e. The Kier molecular flexibility index (Phi) is 7.21. The lowest BCUT2D eigenvalue weighted by molar-refractivity contribution is 0.0946. The molecule has 188 valence electrons. The number of benzene rings is 1. The summed E-state index contributed by atoms with van der Waals surface area (Å²) in [7, 11) is 1.69. The Morgan fingerprint density at radius 2 is 1.84 bits per heavy atom. The van der Waals surface area contributed by atoms with Gasteiger partial charge in [0.05, 0.1) is 5.69 Å². The van der Waals surface area contributed by atoms with Gasteiger partial charge >= 0.3 is 0 Å². The minimum Gasteiger partial charge on any atom is -0.347 e. The number of aromatic amines is 1. The molecule has 0 saturated carbocycles. The van der Waals surface area contributed by atoms with Crippen LogP contribution >= 0.6 is 0 Å². The van der Waals surface area contributed by atoms with Crippen molar-refractivity contribution in [3.8, 4) is 22.6 Å². The molecule has 0 aliphatic heterocycles. The fourth-order valence-electron chi connectivity index (χ4n) is 3.74. The Bertz CT molecular complexity index is 1560. The minimum atomic E-state index is -0.276. The lowest BCUT2D eigenvalue weighted by atomic mass is 10.1. The topological polar surface area (TPSA) is 134 Å². The van der Waals surface area contributed by atoms with Gasteiger partial charge in [0.25, 0.3) is 5.91 Å². The molecule has 0 radical (unpaired) electrons. The predicted octanol–water partition coefficient (Wildman–Crippen LogP) is 4.35. The Hall–Kier alpha value is -5.25. The number of aliphatic imine (C=N–C) groups is 1. The number of carbonyl (C=O) groups is 1. The fourth-order valence-corrected chi connectivity index (χ4v) is 3.74. The molecule has 0 unspecified atom stereocenters. The van der Waals surface area contributed by atoms with E-state index in [-0.39, 0.29) is 5.91 Å². The highest BCUT2D eigenvalue weighted by Crippen LogP contribution is 2.20. The highest BCUT2D eigenvalue weighted by molar-refractivity contribution is 5.92. The van der Waals surface area contributed by atoms with Crippen LogP contribution in [0.3, 0.4) is 0 Å². The summed E-state index contributed by atoms with van der Waals surface area (Å²) in [5.74, 6) is 1.50. The van der Waals surface area contributed by atoms with E-state index in [1.54, 1.807) is 37.8 Å². The van der Waals surface area contributed by atoms with E-state index in [1.165, 1.54) is 0 Å². The molecule has 10 nitrogen and oxygen atoms in total. The van der Waals surface area contributed by atoms with Crippen molar-refractivity contribution >= 4 is 23.8 Å². The number of hydrogen-bond donors (Lipinski definition) is 3. The summed E-state index contributed by atoms with van der Waals surface area (Å²) >= 11 is 0. The van der Waals surface area contributed by atoms with E-state index >= 15 is 0 Å². The molecule has 4 aromatic heterocycles. The summed E-state index contributed by atoms with van der Waals surface area (Å²) in [5, 5.41) is 13.1. The van der Waals surface area contributed by atoms with E-state index in [0.29, 0.717) is 41.0 Å². The summed E-state index contributed by atoms with van der Waals surface area (Å²) < 4.78 is 0. The third kappa shape index (κ3) is 5.93. The standard InChI is InChI=1S/C28H25N9O/c1-18-12-25(34-26-13-22(17-29-2)36-37-26)35-27(33-18)21-9-11-24(31-16-21)28(38)32-15-19-8-10-23(30-14-19)20-6-4-3-5-7-20/h3-14,16-17H,15H2,1-2H3,(H,32,38)(H2,33,34,35,36,37)/b29-17-. The van der Waals surface area contributed by atoms with Crippen LogP contribution in [0.5, 0.6) is 0 Å². The number of aromatic nitrogens is 6. The lowest BCUT2D eigenvalue weighted by Gasteiger charge is -2.08. The molecule has 0 bridgehead atoms. The van der Waals surface area contributed by atoms with Crippen molar-refractivity contribution in [1.82, 2.24) is 35.5 Å². The highest BCUT2D eigenvalue weighted by Gasteiger charge is 2.11. The van der Waals surface area contributed by atoms with Gasteiger partial charge < -0.3 is 10.6 Å². The highest BCUT2D eigenvalue weighted by atomic mass is 16.1. The van der Waals surface area contributed by atoms with Gasteiger partial charge in [0.2, 0.25) is 0 Å². The normalized spacial score (nSPS) is 11.0. The number of rotatable bonds is 8. The fraction of sp³-hybridized carbons (Fsp3) is 0.107. The molecule has 0 aliphatic carbocycles. The van der Waals surface area contributed by atoms with Crippen LogP contribution in [-0.4, -0.2) is 49.3 Å². The van der Waals surface area contributed by atoms with Crippen LogP contribution in [-0.2, 0) is 6.54 Å². The zero-order chi connectivity index (χ0) is 26.3. The number of aryl methyl sites for hydroxylation is 1. The molecule has 5 aromatic rings. The quantitative estimate of drug-likeness (QED) is 0.268. The van der Waals surface area contributed by atoms with E-state index in [1.807, 2.05) is 61.5 Å². The first-order chi connectivity index (χ1) is 18.6. The Balaban J connectivity index is 1.22. The first-order valence-corrected chi connectivity index (χ1v) is 11.9. The lowest BCUT2D eigenvalue weighted by Crippen LogP contribution is -2.23. The summed E-state index contributed by atoms with van der Waals surface area (Å²) in [5.41, 5.74) is 5.31. The van der Waals surface area contributed by atoms with Crippen LogP contribution in [0.1, 0.15) is 27.4 Å². The van der Waals surface area contributed by atoms with Gasteiger partial charge in [-0.2, -0.15) is 5.10 Å². The van der Waals surface area contributed by atoms with Crippen molar-refractivity contribution in [3.63, 3.8) is 0 Å². The molecule has 38 heavy (non-hydrogen) atoms. The number of amides is 1. The number of nitrogens with zero attached hydrogens (tertiary/aromatic N) is 6. The van der Waals surface area contributed by atoms with E-state index in [2.05, 4.69) is 45.8 Å². The van der Waals surface area contributed by atoms with Crippen LogP contribution in [0, 0.1) is 6.92 Å². The van der Waals surface area contributed by atoms with Crippen LogP contribution in [0.15, 0.2) is 84.1 Å². The van der Waals surface area contributed by atoms with Crippen LogP contribution in [0.4, 0.5) is 11.6 Å². The molecule has 0 fully saturated rings. The van der Waals surface area contributed by atoms with Crippen molar-refractivity contribution in [2.75, 3.05) is 12.4 Å². The number of pyridine rings is 2. The van der Waals surface area contributed by atoms with Crippen LogP contribution < -0.4 is 10.6 Å². The minimum absolute atomic E-state index is 0.276. The monoisotopic (exact) mass is 503 g/mol. The molecule has 1 aromatic carbocycles. The van der Waals surface area contributed by atoms with Gasteiger partial charge in [-0.1, -0.05) is 36.4 Å². The molecule has 0 aliphatic rings. The number of anilines is 2. The van der Waals surface area contributed by atoms with E-state index in [9.17, 15) is 4.79 Å². The van der Waals surface area contributed by atoms with Crippen molar-refractivity contribution in [1.29, 1.82) is 0 Å². The number of hydrogen-bond acceptors (Lipinski definition) is 8. The molecule has 1 amide bonds. The van der Waals surface area contributed by atoms with Crippen molar-refractivity contribution in [2.24, 2.45) is 4.99 Å². The molecule has 5 rings (SSSR count). The SMILES string of the molecule is C/N=C\c1cc(Nc2cc(C)nc(-c3ccc(C(=O)NCc4ccc(-c5ccccc5)nc4)nc3)n2)[nH]n1. The van der Waals surface area contributed by atoms with E-state index < -0.39 is 0 Å². The Labute approximate surface area is 219 Å². The zero-order valence-corrected chi connectivity index (χ0v) is 20.9. The van der Waals surface area contributed by atoms with Gasteiger partial charge in [0.1, 0.15) is 23.0 Å². The van der Waals surface area contributed by atoms with Crippen molar-refractivity contribution in [2.45, 2.75) is 13.5 Å². The number of nitrogens with one attached hydrogen (secondary N) is 3. The third-order valence-electron chi connectivity index (χ3n) is 5.58. The van der Waals surface area contributed by atoms with Gasteiger partial charge in [-0.05, 0) is 30.7 Å². The van der Waals surface area contributed by atoms with Gasteiger partial charge in [-0.15, -0.1) is 0 Å². The molecule has 0 spiro atoms. The molecular weight excluding hydrogens is 478 g/mol. The van der Waals surface area contributed by atoms with Gasteiger partial charge in [0, 0.05) is 61.2 Å². The Morgan fingerprint density at radius 1 is 0.974 bits per heavy atom. The summed E-state index contributed by atoms with van der Waals surface area (Å²) in [6.45, 7) is 2.23. The molecule has 0 atom stereocenters. The van der Waals surface area contributed by atoms with Gasteiger partial charge in [-0.3, -0.25) is 24.9 Å². The summed E-state index contributed by atoms with van der Waals surface area (Å²) in [6, 6.07) is 20.9. The Morgan fingerprint density at radius 3 is 2.58 bits per heavy atom. The molecule has 3 N–H and O–H groups in total. The first kappa shape index (κ1) is 24.4. The molecule has 10 heteroatoms. The maximum atomic E-state index is 12.7. The second-order valence-electron chi connectivity index (χ2n) is 8.47. The maximum absolute atomic E-state index is 12.7. The molecule has 4 heterocycles. The average Bonchev–Trinajstić information content (AvgIpc) is 3.39. The number of carbonyl (C=O) groups excluding carboxylic acids is 1. The second-order valence-corrected chi connectivity index (χ2v) is 8.47. The zero-order valence-electron chi connectivity index (χ0n) is 20.9. The van der Waals surface area contributed by atoms with Crippen LogP contribution in [0.2, 0.25) is 0 Å². The largest absolute Gasteiger partial charge is 0.347 e. The van der Waals surface area contributed by atoms with Crippen LogP contribution in [0.25, 0.3) is 22.6 Å². The van der Waals surface area contributed by atoms with Gasteiger partial charge in [-0.25, -0.2) is 9.97 Å². The van der Waals surface area contributed by atoms with E-state index in [4.69, 9.17) is 0 Å².